The molecule has 0 bridgehead atoms. The molecule has 4 atom stereocenters. The van der Waals surface area contributed by atoms with Crippen LogP contribution in [0.2, 0.25) is 0 Å². The maximum Gasteiger partial charge on any atom is 0.303 e. The van der Waals surface area contributed by atoms with Crippen molar-refractivity contribution >= 4 is 5.97 Å². The van der Waals surface area contributed by atoms with E-state index in [-0.39, 0.29) is 24.5 Å². The number of unbranched alkanes of at least 4 members (excludes halogenated alkanes) is 3. The van der Waals surface area contributed by atoms with E-state index in [9.17, 15) is 15.0 Å². The molecule has 24 heavy (non-hydrogen) atoms. The number of hydrogen-bond acceptors (Lipinski definition) is 3. The van der Waals surface area contributed by atoms with Crippen LogP contribution >= 0.6 is 0 Å². The Hall–Kier alpha value is -1.13. The van der Waals surface area contributed by atoms with E-state index >= 15 is 0 Å². The van der Waals surface area contributed by atoms with Gasteiger partial charge in [-0.1, -0.05) is 44.1 Å². The first-order valence-corrected chi connectivity index (χ1v) is 9.45. The van der Waals surface area contributed by atoms with E-state index in [1.807, 2.05) is 6.08 Å². The fourth-order valence-electron chi connectivity index (χ4n) is 3.34. The predicted octanol–water partition coefficient (Wildman–Crippen LogP) is 4.07. The molecule has 1 fully saturated rings. The van der Waals surface area contributed by atoms with E-state index in [0.717, 1.165) is 51.4 Å². The lowest BCUT2D eigenvalue weighted by Crippen LogP contribution is -2.17. The minimum Gasteiger partial charge on any atom is -0.481 e. The summed E-state index contributed by atoms with van der Waals surface area (Å²) in [7, 11) is 0. The van der Waals surface area contributed by atoms with E-state index in [2.05, 4.69) is 25.2 Å². The molecule has 0 aromatic rings. The van der Waals surface area contributed by atoms with Gasteiger partial charge in [0.05, 0.1) is 12.2 Å². The molecule has 4 heteroatoms. The van der Waals surface area contributed by atoms with Crippen LogP contribution in [-0.2, 0) is 4.79 Å². The van der Waals surface area contributed by atoms with Crippen LogP contribution < -0.4 is 0 Å². The van der Waals surface area contributed by atoms with Gasteiger partial charge < -0.3 is 15.3 Å². The van der Waals surface area contributed by atoms with Crippen LogP contribution in [0.15, 0.2) is 24.3 Å². The van der Waals surface area contributed by atoms with E-state index in [1.54, 1.807) is 0 Å². The second-order valence-electron chi connectivity index (χ2n) is 6.91. The summed E-state index contributed by atoms with van der Waals surface area (Å²) in [6, 6.07) is 0. The molecule has 4 nitrogen and oxygen atoms in total. The van der Waals surface area contributed by atoms with Crippen molar-refractivity contribution in [2.45, 2.75) is 83.3 Å². The van der Waals surface area contributed by atoms with Crippen LogP contribution in [0.4, 0.5) is 0 Å². The Kier molecular flexibility index (Phi) is 10.7. The van der Waals surface area contributed by atoms with Crippen LogP contribution in [0, 0.1) is 11.8 Å². The second kappa shape index (κ2) is 12.3. The van der Waals surface area contributed by atoms with Crippen LogP contribution in [0.5, 0.6) is 0 Å². The zero-order valence-corrected chi connectivity index (χ0v) is 14.9. The Morgan fingerprint density at radius 3 is 2.71 bits per heavy atom. The predicted molar refractivity (Wildman–Crippen MR) is 96.8 cm³/mol. The number of hydrogen-bond donors (Lipinski definition) is 3. The van der Waals surface area contributed by atoms with Crippen LogP contribution in [0.3, 0.4) is 0 Å². The first kappa shape index (κ1) is 20.9. The van der Waals surface area contributed by atoms with Crippen molar-refractivity contribution in [3.05, 3.63) is 24.3 Å². The van der Waals surface area contributed by atoms with Gasteiger partial charge >= 0.3 is 5.97 Å². The van der Waals surface area contributed by atoms with E-state index in [0.29, 0.717) is 12.3 Å². The lowest BCUT2D eigenvalue weighted by Gasteiger charge is -2.18. The van der Waals surface area contributed by atoms with E-state index in [4.69, 9.17) is 5.11 Å². The third kappa shape index (κ3) is 8.65. The second-order valence-corrected chi connectivity index (χ2v) is 6.91. The Morgan fingerprint density at radius 1 is 1.21 bits per heavy atom. The van der Waals surface area contributed by atoms with Gasteiger partial charge in [-0.3, -0.25) is 4.79 Å². The van der Waals surface area contributed by atoms with Gasteiger partial charge in [-0.2, -0.15) is 0 Å². The molecular formula is C20H34O4. The van der Waals surface area contributed by atoms with E-state index in [1.165, 1.54) is 0 Å². The van der Waals surface area contributed by atoms with Crippen LogP contribution in [0.1, 0.15) is 71.1 Å². The van der Waals surface area contributed by atoms with Crippen molar-refractivity contribution in [1.29, 1.82) is 0 Å². The molecule has 0 spiro atoms. The number of rotatable bonds is 12. The van der Waals surface area contributed by atoms with Crippen molar-refractivity contribution in [2.24, 2.45) is 11.8 Å². The molecule has 1 aliphatic rings. The summed E-state index contributed by atoms with van der Waals surface area (Å²) < 4.78 is 0. The van der Waals surface area contributed by atoms with Gasteiger partial charge in [-0.05, 0) is 56.8 Å². The largest absolute Gasteiger partial charge is 0.481 e. The van der Waals surface area contributed by atoms with Crippen LogP contribution in [0.25, 0.3) is 0 Å². The maximum absolute atomic E-state index is 10.4. The van der Waals surface area contributed by atoms with Gasteiger partial charge in [0.25, 0.3) is 0 Å². The summed E-state index contributed by atoms with van der Waals surface area (Å²) in [4.78, 5) is 10.4. The standard InChI is InChI=1S/C20H34O4/c1-2-3-9-17(21)14-12-16-13-15-19(22)18(16)10-7-5-4-6-8-11-20(23)24/h5,7,12,14,16-19,21-22H,2-4,6,8-11,13,15H2,1H3,(H,23,24)/b7-5+,14-12+. The zero-order valence-electron chi connectivity index (χ0n) is 14.9. The summed E-state index contributed by atoms with van der Waals surface area (Å²) in [5, 5.41) is 28.7. The van der Waals surface area contributed by atoms with Gasteiger partial charge in [0.15, 0.2) is 0 Å². The SMILES string of the molecule is CCCCC(O)/C=C/C1CCC(O)C1C/C=C/CCCCC(=O)O. The highest BCUT2D eigenvalue weighted by Gasteiger charge is 2.32. The molecule has 0 radical (unpaired) electrons. The molecule has 4 unspecified atom stereocenters. The highest BCUT2D eigenvalue weighted by molar-refractivity contribution is 5.66. The number of allylic oxidation sites excluding steroid dienone is 3. The average molecular weight is 338 g/mol. The smallest absolute Gasteiger partial charge is 0.303 e. The Bertz CT molecular complexity index is 402. The first-order chi connectivity index (χ1) is 11.5. The summed E-state index contributed by atoms with van der Waals surface area (Å²) in [6.07, 6.45) is 15.9. The fourth-order valence-corrected chi connectivity index (χ4v) is 3.34. The molecule has 0 aromatic carbocycles. The molecule has 0 aromatic heterocycles. The van der Waals surface area contributed by atoms with Crippen molar-refractivity contribution in [3.63, 3.8) is 0 Å². The molecule has 0 aliphatic heterocycles. The summed E-state index contributed by atoms with van der Waals surface area (Å²) in [6.45, 7) is 2.12. The molecule has 1 aliphatic carbocycles. The van der Waals surface area contributed by atoms with Crippen molar-refractivity contribution in [3.8, 4) is 0 Å². The highest BCUT2D eigenvalue weighted by atomic mass is 16.4. The topological polar surface area (TPSA) is 77.8 Å². The van der Waals surface area contributed by atoms with Gasteiger partial charge in [0, 0.05) is 6.42 Å². The number of aliphatic hydroxyl groups is 2. The Balaban J connectivity index is 2.32. The van der Waals surface area contributed by atoms with Gasteiger partial charge in [0.2, 0.25) is 0 Å². The maximum atomic E-state index is 10.4. The first-order valence-electron chi connectivity index (χ1n) is 9.45. The molecular weight excluding hydrogens is 304 g/mol. The number of carbonyl (C=O) groups is 1. The summed E-state index contributed by atoms with van der Waals surface area (Å²) in [5.41, 5.74) is 0. The number of carboxylic acid groups (broad SMARTS) is 1. The van der Waals surface area contributed by atoms with Crippen LogP contribution in [-0.4, -0.2) is 33.5 Å². The van der Waals surface area contributed by atoms with Crippen molar-refractivity contribution in [2.75, 3.05) is 0 Å². The normalized spacial score (nSPS) is 25.7. The summed E-state index contributed by atoms with van der Waals surface area (Å²) in [5.74, 6) is -0.161. The number of carboxylic acids is 1. The van der Waals surface area contributed by atoms with Gasteiger partial charge in [0.1, 0.15) is 0 Å². The number of aliphatic carboxylic acids is 1. The minimum atomic E-state index is -0.733. The molecule has 0 heterocycles. The van der Waals surface area contributed by atoms with Gasteiger partial charge in [-0.15, -0.1) is 0 Å². The van der Waals surface area contributed by atoms with Crippen molar-refractivity contribution < 1.29 is 20.1 Å². The number of aliphatic hydroxyl groups excluding tert-OH is 2. The van der Waals surface area contributed by atoms with Gasteiger partial charge in [-0.25, -0.2) is 0 Å². The Labute approximate surface area is 146 Å². The van der Waals surface area contributed by atoms with E-state index < -0.39 is 5.97 Å². The highest BCUT2D eigenvalue weighted by Crippen LogP contribution is 2.36. The monoisotopic (exact) mass is 338 g/mol. The molecule has 0 saturated heterocycles. The quantitative estimate of drug-likeness (QED) is 0.370. The summed E-state index contributed by atoms with van der Waals surface area (Å²) >= 11 is 0. The lowest BCUT2D eigenvalue weighted by molar-refractivity contribution is -0.137. The molecule has 138 valence electrons. The van der Waals surface area contributed by atoms with Crippen molar-refractivity contribution in [1.82, 2.24) is 0 Å². The average Bonchev–Trinajstić information content (AvgIpc) is 2.90. The third-order valence-electron chi connectivity index (χ3n) is 4.86. The molecule has 1 rings (SSSR count). The lowest BCUT2D eigenvalue weighted by atomic mass is 9.90. The fraction of sp³-hybridized carbons (Fsp3) is 0.750. The molecule has 3 N–H and O–H groups in total. The zero-order chi connectivity index (χ0) is 17.8. The molecule has 0 amide bonds. The third-order valence-corrected chi connectivity index (χ3v) is 4.86. The minimum absolute atomic E-state index is 0.231. The molecule has 1 saturated carbocycles. The Morgan fingerprint density at radius 2 is 2.00 bits per heavy atom.